The molecule has 6 rings (SSSR count). The molecule has 0 aliphatic heterocycles. The normalized spacial score (nSPS) is 13.9. The minimum atomic E-state index is -0.215. The first kappa shape index (κ1) is 24.9. The predicted molar refractivity (Wildman–Crippen MR) is 164 cm³/mol. The largest absolute Gasteiger partial charge is 0.452 e. The van der Waals surface area contributed by atoms with Crippen molar-refractivity contribution in [1.82, 2.24) is 0 Å². The Morgan fingerprint density at radius 1 is 0.658 bits per heavy atom. The molecule has 38 heavy (non-hydrogen) atoms. The molecule has 0 fully saturated rings. The Morgan fingerprint density at radius 3 is 1.84 bits per heavy atom. The van der Waals surface area contributed by atoms with Crippen LogP contribution < -0.4 is 10.6 Å². The van der Waals surface area contributed by atoms with E-state index in [-0.39, 0.29) is 11.5 Å². The van der Waals surface area contributed by atoms with Crippen LogP contribution in [0.4, 0.5) is 22.7 Å². The Balaban J connectivity index is 1.48. The standard InChI is InChI=1S/C30H18Br3N3O2/c31-17-1-7-20(8-2-17)34-23-13-14-27-24(15-23)28-29(36-22-11-5-19(33)6-12-22)25(16-26(37)30(28)38-27)35-21-9-3-18(32)4-10-21/h1-16,34-35H. The number of hydrogen-bond donors (Lipinski definition) is 2. The summed E-state index contributed by atoms with van der Waals surface area (Å²) in [7, 11) is 0. The van der Waals surface area contributed by atoms with Gasteiger partial charge in [0.15, 0.2) is 5.76 Å². The number of hydrogen-bond acceptors (Lipinski definition) is 5. The van der Waals surface area contributed by atoms with Crippen LogP contribution in [-0.4, -0.2) is 11.5 Å². The first-order chi connectivity index (χ1) is 18.4. The number of halogens is 3. The van der Waals surface area contributed by atoms with E-state index in [1.807, 2.05) is 91.0 Å². The van der Waals surface area contributed by atoms with E-state index >= 15 is 0 Å². The summed E-state index contributed by atoms with van der Waals surface area (Å²) >= 11 is 10.4. The summed E-state index contributed by atoms with van der Waals surface area (Å²) in [5.74, 6) is 0.0611. The van der Waals surface area contributed by atoms with Gasteiger partial charge >= 0.3 is 0 Å². The molecule has 0 bridgehead atoms. The first-order valence-electron chi connectivity index (χ1n) is 11.7. The van der Waals surface area contributed by atoms with E-state index in [0.29, 0.717) is 22.6 Å². The monoisotopic (exact) mass is 689 g/mol. The maximum atomic E-state index is 13.3. The Kier molecular flexibility index (Phi) is 6.78. The van der Waals surface area contributed by atoms with Crippen molar-refractivity contribution in [3.8, 4) is 0 Å². The van der Waals surface area contributed by atoms with Gasteiger partial charge in [-0.2, -0.15) is 0 Å². The molecule has 0 spiro atoms. The molecule has 1 aromatic heterocycles. The van der Waals surface area contributed by atoms with Crippen LogP contribution in [0.2, 0.25) is 0 Å². The lowest BCUT2D eigenvalue weighted by molar-refractivity contribution is 0.102. The van der Waals surface area contributed by atoms with Crippen LogP contribution in [0.1, 0.15) is 16.1 Å². The molecule has 0 amide bonds. The molecule has 0 saturated heterocycles. The molecule has 1 aliphatic rings. The number of nitrogens with zero attached hydrogens (tertiary/aromatic N) is 1. The fourth-order valence-electron chi connectivity index (χ4n) is 4.23. The van der Waals surface area contributed by atoms with Crippen LogP contribution in [0.25, 0.3) is 11.0 Å². The number of allylic oxidation sites excluding steroid dienone is 2. The van der Waals surface area contributed by atoms with Crippen molar-refractivity contribution < 1.29 is 9.21 Å². The Morgan fingerprint density at radius 2 is 1.21 bits per heavy atom. The summed E-state index contributed by atoms with van der Waals surface area (Å²) in [4.78, 5) is 18.3. The van der Waals surface area contributed by atoms with Crippen LogP contribution >= 0.6 is 47.8 Å². The van der Waals surface area contributed by atoms with E-state index < -0.39 is 0 Å². The van der Waals surface area contributed by atoms with Gasteiger partial charge in [0.25, 0.3) is 0 Å². The molecule has 186 valence electrons. The third-order valence-corrected chi connectivity index (χ3v) is 7.59. The van der Waals surface area contributed by atoms with Gasteiger partial charge in [-0.15, -0.1) is 0 Å². The van der Waals surface area contributed by atoms with E-state index in [1.54, 1.807) is 6.08 Å². The van der Waals surface area contributed by atoms with Crippen LogP contribution in [0.15, 0.2) is 126 Å². The zero-order valence-corrected chi connectivity index (χ0v) is 24.4. The van der Waals surface area contributed by atoms with Gasteiger partial charge in [-0.3, -0.25) is 4.79 Å². The summed E-state index contributed by atoms with van der Waals surface area (Å²) in [6, 6.07) is 29.2. The number of carbonyl (C=O) groups excluding carboxylic acids is 1. The molecule has 8 heteroatoms. The molecule has 4 aromatic carbocycles. The van der Waals surface area contributed by atoms with Crippen LogP contribution in [0.3, 0.4) is 0 Å². The van der Waals surface area contributed by atoms with E-state index in [0.717, 1.165) is 41.6 Å². The summed E-state index contributed by atoms with van der Waals surface area (Å²) in [5.41, 5.74) is 5.92. The number of rotatable bonds is 5. The maximum Gasteiger partial charge on any atom is 0.223 e. The number of carbonyl (C=O) groups is 1. The number of ketones is 1. The van der Waals surface area contributed by atoms with Crippen LogP contribution in [0, 0.1) is 0 Å². The van der Waals surface area contributed by atoms with Crippen molar-refractivity contribution in [2.24, 2.45) is 4.99 Å². The number of anilines is 3. The lowest BCUT2D eigenvalue weighted by Gasteiger charge is -2.18. The third kappa shape index (κ3) is 5.12. The Bertz CT molecular complexity index is 1740. The number of nitrogens with one attached hydrogen (secondary N) is 2. The van der Waals surface area contributed by atoms with Crippen LogP contribution in [-0.2, 0) is 0 Å². The van der Waals surface area contributed by atoms with Crippen molar-refractivity contribution >= 4 is 93.0 Å². The Labute approximate surface area is 244 Å². The van der Waals surface area contributed by atoms with Crippen molar-refractivity contribution in [1.29, 1.82) is 0 Å². The molecule has 5 nitrogen and oxygen atoms in total. The second kappa shape index (κ2) is 10.4. The van der Waals surface area contributed by atoms with Gasteiger partial charge < -0.3 is 15.1 Å². The molecular weight excluding hydrogens is 674 g/mol. The average Bonchev–Trinajstić information content (AvgIpc) is 3.30. The highest BCUT2D eigenvalue weighted by molar-refractivity contribution is 9.11. The summed E-state index contributed by atoms with van der Waals surface area (Å²) in [5, 5.41) is 7.62. The minimum absolute atomic E-state index is 0.215. The minimum Gasteiger partial charge on any atom is -0.452 e. The molecular formula is C30H18Br3N3O2. The molecule has 0 radical (unpaired) electrons. The lowest BCUT2D eigenvalue weighted by atomic mass is 9.95. The average molecular weight is 692 g/mol. The van der Waals surface area contributed by atoms with Crippen molar-refractivity contribution in [2.75, 3.05) is 10.6 Å². The first-order valence-corrected chi connectivity index (χ1v) is 14.0. The fraction of sp³-hybridized carbons (Fsp3) is 0. The molecule has 5 aromatic rings. The number of furan rings is 1. The van der Waals surface area contributed by atoms with E-state index in [1.165, 1.54) is 0 Å². The number of benzene rings is 4. The zero-order chi connectivity index (χ0) is 26.2. The molecule has 1 heterocycles. The SMILES string of the molecule is O=C1C=C(Nc2ccc(Br)cc2)C(=Nc2ccc(Br)cc2)c2c1oc1ccc(Nc3ccc(Br)cc3)cc21. The second-order valence-corrected chi connectivity index (χ2v) is 11.4. The van der Waals surface area contributed by atoms with Crippen LogP contribution in [0.5, 0.6) is 0 Å². The fourth-order valence-corrected chi connectivity index (χ4v) is 5.02. The number of aliphatic imine (C=N–C) groups is 1. The topological polar surface area (TPSA) is 66.6 Å². The van der Waals surface area contributed by atoms with Gasteiger partial charge in [-0.25, -0.2) is 4.99 Å². The molecule has 2 N–H and O–H groups in total. The molecule has 0 unspecified atom stereocenters. The second-order valence-electron chi connectivity index (χ2n) is 8.64. The van der Waals surface area contributed by atoms with Gasteiger partial charge in [-0.05, 0) is 91.0 Å². The van der Waals surface area contributed by atoms with Crippen molar-refractivity contribution in [3.63, 3.8) is 0 Å². The number of fused-ring (bicyclic) bond motifs is 3. The predicted octanol–water partition coefficient (Wildman–Crippen LogP) is 9.78. The summed E-state index contributed by atoms with van der Waals surface area (Å²) in [6.45, 7) is 0. The highest BCUT2D eigenvalue weighted by Gasteiger charge is 2.31. The van der Waals surface area contributed by atoms with Gasteiger partial charge in [0.1, 0.15) is 5.58 Å². The zero-order valence-electron chi connectivity index (χ0n) is 19.6. The third-order valence-electron chi connectivity index (χ3n) is 6.00. The van der Waals surface area contributed by atoms with Gasteiger partial charge in [0, 0.05) is 41.9 Å². The lowest BCUT2D eigenvalue weighted by Crippen LogP contribution is -2.21. The molecule has 0 saturated carbocycles. The summed E-state index contributed by atoms with van der Waals surface area (Å²) in [6.07, 6.45) is 1.55. The molecule has 0 atom stereocenters. The molecule has 1 aliphatic carbocycles. The highest BCUT2D eigenvalue weighted by Crippen LogP contribution is 2.36. The van der Waals surface area contributed by atoms with E-state index in [2.05, 4.69) is 58.4 Å². The van der Waals surface area contributed by atoms with Crippen molar-refractivity contribution in [3.05, 3.63) is 128 Å². The Hall–Kier alpha value is -3.46. The van der Waals surface area contributed by atoms with E-state index in [9.17, 15) is 4.79 Å². The van der Waals surface area contributed by atoms with Gasteiger partial charge in [0.2, 0.25) is 5.78 Å². The summed E-state index contributed by atoms with van der Waals surface area (Å²) < 4.78 is 9.01. The quantitative estimate of drug-likeness (QED) is 0.193. The van der Waals surface area contributed by atoms with E-state index in [4.69, 9.17) is 9.41 Å². The highest BCUT2D eigenvalue weighted by atomic mass is 79.9. The van der Waals surface area contributed by atoms with Crippen molar-refractivity contribution in [2.45, 2.75) is 0 Å². The smallest absolute Gasteiger partial charge is 0.223 e. The van der Waals surface area contributed by atoms with Gasteiger partial charge in [-0.1, -0.05) is 47.8 Å². The maximum absolute atomic E-state index is 13.3. The van der Waals surface area contributed by atoms with Gasteiger partial charge in [0.05, 0.1) is 22.7 Å².